The van der Waals surface area contributed by atoms with Crippen LogP contribution in [-0.4, -0.2) is 55.4 Å². The summed E-state index contributed by atoms with van der Waals surface area (Å²) in [4.78, 5) is 14.4. The maximum atomic E-state index is 12.1. The van der Waals surface area contributed by atoms with E-state index in [1.807, 2.05) is 18.2 Å². The van der Waals surface area contributed by atoms with Crippen LogP contribution in [0.2, 0.25) is 0 Å². The molecule has 6 nitrogen and oxygen atoms in total. The zero-order chi connectivity index (χ0) is 16.8. The van der Waals surface area contributed by atoms with Crippen molar-refractivity contribution in [3.05, 3.63) is 23.8 Å². The van der Waals surface area contributed by atoms with E-state index in [4.69, 9.17) is 9.84 Å². The highest BCUT2D eigenvalue weighted by Crippen LogP contribution is 2.27. The zero-order valence-corrected chi connectivity index (χ0v) is 14.1. The van der Waals surface area contributed by atoms with Crippen molar-refractivity contribution in [1.82, 2.24) is 10.2 Å². The highest BCUT2D eigenvalue weighted by Gasteiger charge is 2.19. The Morgan fingerprint density at radius 2 is 2.17 bits per heavy atom. The Hall–Kier alpha value is -1.79. The first-order valence-corrected chi connectivity index (χ1v) is 8.88. The van der Waals surface area contributed by atoms with Crippen LogP contribution in [0.15, 0.2) is 18.2 Å². The molecule has 0 unspecified atom stereocenters. The minimum Gasteiger partial charge on any atom is -0.493 e. The Balaban J connectivity index is 1.41. The average Bonchev–Trinajstić information content (AvgIpc) is 2.61. The number of β-amino-alcohol motifs (C(OH)–C–C–N with tert-alkyl or cyclic N) is 1. The number of amides is 2. The van der Waals surface area contributed by atoms with Crippen molar-refractivity contribution in [2.45, 2.75) is 25.7 Å². The van der Waals surface area contributed by atoms with Crippen LogP contribution in [0.5, 0.6) is 5.75 Å². The zero-order valence-electron chi connectivity index (χ0n) is 14.1. The minimum absolute atomic E-state index is 0.149. The molecule has 132 valence electrons. The number of benzene rings is 1. The third kappa shape index (κ3) is 4.61. The molecule has 24 heavy (non-hydrogen) atoms. The number of urea groups is 1. The Morgan fingerprint density at radius 3 is 2.96 bits per heavy atom. The van der Waals surface area contributed by atoms with Gasteiger partial charge in [0, 0.05) is 18.8 Å². The van der Waals surface area contributed by atoms with Crippen LogP contribution in [0.25, 0.3) is 0 Å². The molecule has 0 atom stereocenters. The van der Waals surface area contributed by atoms with Gasteiger partial charge in [-0.05, 0) is 68.5 Å². The maximum absolute atomic E-state index is 12.1. The topological polar surface area (TPSA) is 73.8 Å². The molecule has 2 aliphatic rings. The van der Waals surface area contributed by atoms with E-state index in [2.05, 4.69) is 15.5 Å². The maximum Gasteiger partial charge on any atom is 0.319 e. The van der Waals surface area contributed by atoms with Crippen LogP contribution in [0.4, 0.5) is 10.5 Å². The van der Waals surface area contributed by atoms with Crippen molar-refractivity contribution >= 4 is 11.7 Å². The lowest BCUT2D eigenvalue weighted by atomic mass is 9.97. The monoisotopic (exact) mass is 333 g/mol. The van der Waals surface area contributed by atoms with Crippen LogP contribution < -0.4 is 15.4 Å². The Labute approximate surface area is 143 Å². The molecular formula is C18H27N3O3. The summed E-state index contributed by atoms with van der Waals surface area (Å²) in [7, 11) is 0. The molecule has 1 aromatic rings. The van der Waals surface area contributed by atoms with Crippen molar-refractivity contribution in [3.8, 4) is 5.75 Å². The van der Waals surface area contributed by atoms with E-state index in [1.165, 1.54) is 0 Å². The van der Waals surface area contributed by atoms with E-state index in [9.17, 15) is 4.79 Å². The van der Waals surface area contributed by atoms with Crippen molar-refractivity contribution in [2.75, 3.05) is 44.7 Å². The van der Waals surface area contributed by atoms with E-state index >= 15 is 0 Å². The summed E-state index contributed by atoms with van der Waals surface area (Å²) in [5, 5.41) is 14.9. The minimum atomic E-state index is -0.149. The fraction of sp³-hybridized carbons (Fsp3) is 0.611. The molecule has 0 saturated carbocycles. The number of carbonyl (C=O) groups excluding carboxylic acids is 1. The van der Waals surface area contributed by atoms with Crippen molar-refractivity contribution < 1.29 is 14.6 Å². The summed E-state index contributed by atoms with van der Waals surface area (Å²) in [5.41, 5.74) is 1.98. The van der Waals surface area contributed by atoms with Gasteiger partial charge in [0.05, 0.1) is 13.2 Å². The molecule has 2 aliphatic heterocycles. The lowest BCUT2D eigenvalue weighted by molar-refractivity contribution is 0.147. The van der Waals surface area contributed by atoms with E-state index in [0.717, 1.165) is 68.9 Å². The third-order valence-corrected chi connectivity index (χ3v) is 4.84. The van der Waals surface area contributed by atoms with Crippen molar-refractivity contribution in [2.24, 2.45) is 5.92 Å². The van der Waals surface area contributed by atoms with Gasteiger partial charge in [0.1, 0.15) is 5.75 Å². The first kappa shape index (κ1) is 17.0. The quantitative estimate of drug-likeness (QED) is 0.769. The Morgan fingerprint density at radius 1 is 1.33 bits per heavy atom. The largest absolute Gasteiger partial charge is 0.493 e. The van der Waals surface area contributed by atoms with Crippen LogP contribution in [0.1, 0.15) is 24.8 Å². The lowest BCUT2D eigenvalue weighted by Crippen LogP contribution is -2.40. The number of ether oxygens (including phenoxy) is 1. The second-order valence-corrected chi connectivity index (χ2v) is 6.62. The van der Waals surface area contributed by atoms with E-state index in [1.54, 1.807) is 0 Å². The lowest BCUT2D eigenvalue weighted by Gasteiger charge is -2.31. The van der Waals surface area contributed by atoms with Gasteiger partial charge < -0.3 is 25.4 Å². The van der Waals surface area contributed by atoms with Gasteiger partial charge in [-0.3, -0.25) is 0 Å². The average molecular weight is 333 g/mol. The second-order valence-electron chi connectivity index (χ2n) is 6.62. The summed E-state index contributed by atoms with van der Waals surface area (Å²) >= 11 is 0. The fourth-order valence-electron chi connectivity index (χ4n) is 3.41. The predicted molar refractivity (Wildman–Crippen MR) is 93.5 cm³/mol. The molecule has 1 aromatic carbocycles. The molecule has 2 amide bonds. The standard InChI is InChI=1S/C18H27N3O3/c22-10-9-21-7-5-14(6-8-21)13-19-18(23)20-16-3-4-17-15(12-16)2-1-11-24-17/h3-4,12,14,22H,1-2,5-11,13H2,(H2,19,20,23). The number of aryl methyl sites for hydroxylation is 1. The van der Waals surface area contributed by atoms with Gasteiger partial charge in [0.25, 0.3) is 0 Å². The molecule has 3 rings (SSSR count). The molecule has 0 bridgehead atoms. The number of fused-ring (bicyclic) bond motifs is 1. The molecule has 0 radical (unpaired) electrons. The summed E-state index contributed by atoms with van der Waals surface area (Å²) in [6.45, 7) is 4.45. The number of likely N-dealkylation sites (tertiary alicyclic amines) is 1. The van der Waals surface area contributed by atoms with Crippen molar-refractivity contribution in [3.63, 3.8) is 0 Å². The highest BCUT2D eigenvalue weighted by molar-refractivity contribution is 5.89. The van der Waals surface area contributed by atoms with Crippen LogP contribution in [-0.2, 0) is 6.42 Å². The number of anilines is 1. The molecule has 6 heteroatoms. The van der Waals surface area contributed by atoms with Crippen LogP contribution in [0, 0.1) is 5.92 Å². The summed E-state index contributed by atoms with van der Waals surface area (Å²) in [6, 6.07) is 5.67. The number of carbonyl (C=O) groups is 1. The number of rotatable bonds is 5. The fourth-order valence-corrected chi connectivity index (χ4v) is 3.41. The smallest absolute Gasteiger partial charge is 0.319 e. The summed E-state index contributed by atoms with van der Waals surface area (Å²) < 4.78 is 5.59. The molecule has 1 fully saturated rings. The normalized spacial score (nSPS) is 18.5. The van der Waals surface area contributed by atoms with E-state index < -0.39 is 0 Å². The molecule has 0 aliphatic carbocycles. The molecule has 0 spiro atoms. The van der Waals surface area contributed by atoms with Crippen LogP contribution in [0.3, 0.4) is 0 Å². The first-order valence-electron chi connectivity index (χ1n) is 8.88. The molecule has 0 aromatic heterocycles. The SMILES string of the molecule is O=C(NCC1CCN(CCO)CC1)Nc1ccc2c(c1)CCCO2. The number of nitrogens with one attached hydrogen (secondary N) is 2. The number of nitrogens with zero attached hydrogens (tertiary/aromatic N) is 1. The second kappa shape index (κ2) is 8.35. The Kier molecular flexibility index (Phi) is 5.93. The number of aliphatic hydroxyl groups excluding tert-OH is 1. The van der Waals surface area contributed by atoms with Gasteiger partial charge in [-0.15, -0.1) is 0 Å². The molecule has 1 saturated heterocycles. The van der Waals surface area contributed by atoms with E-state index in [0.29, 0.717) is 12.5 Å². The molecular weight excluding hydrogens is 306 g/mol. The predicted octanol–water partition coefficient (Wildman–Crippen LogP) is 1.84. The van der Waals surface area contributed by atoms with Gasteiger partial charge in [0.2, 0.25) is 0 Å². The third-order valence-electron chi connectivity index (χ3n) is 4.84. The van der Waals surface area contributed by atoms with Gasteiger partial charge in [-0.1, -0.05) is 0 Å². The Bertz CT molecular complexity index is 556. The van der Waals surface area contributed by atoms with Gasteiger partial charge >= 0.3 is 6.03 Å². The molecule has 2 heterocycles. The number of hydrogen-bond donors (Lipinski definition) is 3. The van der Waals surface area contributed by atoms with Crippen molar-refractivity contribution in [1.29, 1.82) is 0 Å². The van der Waals surface area contributed by atoms with Crippen LogP contribution >= 0.6 is 0 Å². The van der Waals surface area contributed by atoms with Gasteiger partial charge in [-0.25, -0.2) is 4.79 Å². The summed E-state index contributed by atoms with van der Waals surface area (Å²) in [6.07, 6.45) is 4.16. The number of aliphatic hydroxyl groups is 1. The van der Waals surface area contributed by atoms with Gasteiger partial charge in [0.15, 0.2) is 0 Å². The highest BCUT2D eigenvalue weighted by atomic mass is 16.5. The molecule has 3 N–H and O–H groups in total. The summed E-state index contributed by atoms with van der Waals surface area (Å²) in [5.74, 6) is 1.45. The first-order chi connectivity index (χ1) is 11.7. The number of hydrogen-bond acceptors (Lipinski definition) is 4. The van der Waals surface area contributed by atoms with E-state index in [-0.39, 0.29) is 12.6 Å². The number of piperidine rings is 1. The van der Waals surface area contributed by atoms with Gasteiger partial charge in [-0.2, -0.15) is 0 Å².